The first-order chi connectivity index (χ1) is 13.1. The first-order valence-corrected chi connectivity index (χ1v) is 9.71. The monoisotopic (exact) mass is 386 g/mol. The van der Waals surface area contributed by atoms with Crippen LogP contribution in [0.5, 0.6) is 11.5 Å². The van der Waals surface area contributed by atoms with E-state index in [-0.39, 0.29) is 23.6 Å². The van der Waals surface area contributed by atoms with E-state index in [0.29, 0.717) is 18.7 Å². The van der Waals surface area contributed by atoms with Crippen LogP contribution in [0.2, 0.25) is 0 Å². The third kappa shape index (κ3) is 3.71. The van der Waals surface area contributed by atoms with Crippen LogP contribution < -0.4 is 9.47 Å². The molecule has 2 aliphatic rings. The number of hydrogen-bond donors (Lipinski definition) is 0. The fourth-order valence-electron chi connectivity index (χ4n) is 3.29. The quantitative estimate of drug-likeness (QED) is 0.592. The predicted molar refractivity (Wildman–Crippen MR) is 101 cm³/mol. The normalized spacial score (nSPS) is 18.8. The molecule has 2 aliphatic heterocycles. The number of benzene rings is 2. The molecule has 0 aliphatic carbocycles. The molecule has 140 valence electrons. The predicted octanol–water partition coefficient (Wildman–Crippen LogP) is 3.64. The fraction of sp³-hybridized carbons (Fsp3) is 0.316. The number of nitro benzene ring substituents is 1. The summed E-state index contributed by atoms with van der Waals surface area (Å²) in [4.78, 5) is 25.0. The van der Waals surface area contributed by atoms with Crippen molar-refractivity contribution in [1.82, 2.24) is 4.90 Å². The summed E-state index contributed by atoms with van der Waals surface area (Å²) in [5, 5.41) is 11.2. The van der Waals surface area contributed by atoms with E-state index in [1.165, 1.54) is 12.1 Å². The Kier molecular flexibility index (Phi) is 4.89. The SMILES string of the molecule is O=C(c1cccc([N+](=O)[O-])c1)N1CCSC(c2ccc3c(c2)OCO3)CC1. The Labute approximate surface area is 160 Å². The molecule has 2 heterocycles. The van der Waals surface area contributed by atoms with Crippen molar-refractivity contribution in [2.45, 2.75) is 11.7 Å². The highest BCUT2D eigenvalue weighted by Crippen LogP contribution is 2.40. The molecular weight excluding hydrogens is 368 g/mol. The Morgan fingerprint density at radius 3 is 2.85 bits per heavy atom. The minimum absolute atomic E-state index is 0.0664. The summed E-state index contributed by atoms with van der Waals surface area (Å²) in [7, 11) is 0. The number of non-ortho nitro benzene ring substituents is 1. The summed E-state index contributed by atoms with van der Waals surface area (Å²) in [6.45, 7) is 1.48. The lowest BCUT2D eigenvalue weighted by atomic mass is 10.1. The molecule has 27 heavy (non-hydrogen) atoms. The van der Waals surface area contributed by atoms with Crippen molar-refractivity contribution in [2.75, 3.05) is 25.6 Å². The van der Waals surface area contributed by atoms with Crippen molar-refractivity contribution in [1.29, 1.82) is 0 Å². The van der Waals surface area contributed by atoms with Crippen LogP contribution in [-0.2, 0) is 0 Å². The number of amides is 1. The lowest BCUT2D eigenvalue weighted by Gasteiger charge is -2.20. The third-order valence-electron chi connectivity index (χ3n) is 4.70. The number of ether oxygens (including phenoxy) is 2. The summed E-state index contributed by atoms with van der Waals surface area (Å²) in [5.41, 5.74) is 1.45. The van der Waals surface area contributed by atoms with Gasteiger partial charge in [0.1, 0.15) is 0 Å². The first-order valence-electron chi connectivity index (χ1n) is 8.67. The van der Waals surface area contributed by atoms with Gasteiger partial charge in [-0.15, -0.1) is 0 Å². The smallest absolute Gasteiger partial charge is 0.270 e. The summed E-state index contributed by atoms with van der Waals surface area (Å²) >= 11 is 1.81. The molecule has 0 bridgehead atoms. The summed E-state index contributed by atoms with van der Waals surface area (Å²) in [6, 6.07) is 11.9. The van der Waals surface area contributed by atoms with Gasteiger partial charge in [-0.3, -0.25) is 14.9 Å². The van der Waals surface area contributed by atoms with E-state index < -0.39 is 4.92 Å². The van der Waals surface area contributed by atoms with Crippen LogP contribution in [0.4, 0.5) is 5.69 Å². The van der Waals surface area contributed by atoms with Crippen LogP contribution in [0.3, 0.4) is 0 Å². The van der Waals surface area contributed by atoms with Gasteiger partial charge in [0.05, 0.1) is 4.92 Å². The highest BCUT2D eigenvalue weighted by Gasteiger charge is 2.25. The Hall–Kier alpha value is -2.74. The molecule has 8 heteroatoms. The first kappa shape index (κ1) is 17.7. The summed E-state index contributed by atoms with van der Waals surface area (Å²) < 4.78 is 10.8. The lowest BCUT2D eigenvalue weighted by Crippen LogP contribution is -2.33. The van der Waals surface area contributed by atoms with Crippen molar-refractivity contribution in [3.8, 4) is 11.5 Å². The Bertz CT molecular complexity index is 888. The molecule has 2 aromatic carbocycles. The van der Waals surface area contributed by atoms with E-state index in [0.717, 1.165) is 29.2 Å². The van der Waals surface area contributed by atoms with Gasteiger partial charge in [-0.25, -0.2) is 0 Å². The lowest BCUT2D eigenvalue weighted by molar-refractivity contribution is -0.384. The second-order valence-electron chi connectivity index (χ2n) is 6.36. The van der Waals surface area contributed by atoms with Crippen molar-refractivity contribution in [2.24, 2.45) is 0 Å². The van der Waals surface area contributed by atoms with Crippen LogP contribution in [0.25, 0.3) is 0 Å². The van der Waals surface area contributed by atoms with Gasteiger partial charge >= 0.3 is 0 Å². The Morgan fingerprint density at radius 2 is 2.00 bits per heavy atom. The number of hydrogen-bond acceptors (Lipinski definition) is 6. The largest absolute Gasteiger partial charge is 0.454 e. The number of nitro groups is 1. The number of rotatable bonds is 3. The number of fused-ring (bicyclic) bond motifs is 1. The highest BCUT2D eigenvalue weighted by molar-refractivity contribution is 7.99. The summed E-state index contributed by atoms with van der Waals surface area (Å²) in [6.07, 6.45) is 0.810. The minimum Gasteiger partial charge on any atom is -0.454 e. The number of carbonyl (C=O) groups is 1. The zero-order chi connectivity index (χ0) is 18.8. The standard InChI is InChI=1S/C19H18N2O5S/c22-19(14-2-1-3-15(10-14)21(23)24)20-7-6-18(27-9-8-20)13-4-5-16-17(11-13)26-12-25-16/h1-5,10-11,18H,6-9,12H2. The molecule has 4 rings (SSSR count). The van der Waals surface area contributed by atoms with Crippen LogP contribution in [-0.4, -0.2) is 41.4 Å². The van der Waals surface area contributed by atoms with Gasteiger partial charge in [0.2, 0.25) is 6.79 Å². The van der Waals surface area contributed by atoms with E-state index >= 15 is 0 Å². The van der Waals surface area contributed by atoms with Crippen LogP contribution in [0.1, 0.15) is 27.6 Å². The molecule has 1 unspecified atom stereocenters. The second kappa shape index (κ2) is 7.48. The fourth-order valence-corrected chi connectivity index (χ4v) is 4.51. The molecule has 7 nitrogen and oxygen atoms in total. The van der Waals surface area contributed by atoms with Gasteiger partial charge in [-0.1, -0.05) is 12.1 Å². The number of carbonyl (C=O) groups excluding carboxylic acids is 1. The van der Waals surface area contributed by atoms with Crippen molar-refractivity contribution < 1.29 is 19.2 Å². The Balaban J connectivity index is 1.46. The van der Waals surface area contributed by atoms with Gasteiger partial charge in [-0.05, 0) is 30.2 Å². The number of thioether (sulfide) groups is 1. The zero-order valence-corrected chi connectivity index (χ0v) is 15.3. The van der Waals surface area contributed by atoms with Gasteiger partial charge in [0.15, 0.2) is 11.5 Å². The molecule has 1 saturated heterocycles. The van der Waals surface area contributed by atoms with E-state index in [9.17, 15) is 14.9 Å². The molecule has 2 aromatic rings. The molecule has 0 saturated carbocycles. The minimum atomic E-state index is -0.481. The van der Waals surface area contributed by atoms with Crippen molar-refractivity contribution in [3.63, 3.8) is 0 Å². The van der Waals surface area contributed by atoms with Gasteiger partial charge in [-0.2, -0.15) is 11.8 Å². The second-order valence-corrected chi connectivity index (χ2v) is 7.67. The molecule has 0 aromatic heterocycles. The number of nitrogens with zero attached hydrogens (tertiary/aromatic N) is 2. The molecule has 1 amide bonds. The van der Waals surface area contributed by atoms with E-state index in [1.54, 1.807) is 17.0 Å². The molecule has 1 fully saturated rings. The van der Waals surface area contributed by atoms with E-state index in [1.807, 2.05) is 30.0 Å². The van der Waals surface area contributed by atoms with Crippen molar-refractivity contribution in [3.05, 3.63) is 63.7 Å². The van der Waals surface area contributed by atoms with Crippen LogP contribution >= 0.6 is 11.8 Å². The topological polar surface area (TPSA) is 81.9 Å². The maximum Gasteiger partial charge on any atom is 0.270 e. The third-order valence-corrected chi connectivity index (χ3v) is 6.03. The molecule has 0 radical (unpaired) electrons. The molecule has 1 atom stereocenters. The highest BCUT2D eigenvalue weighted by atomic mass is 32.2. The zero-order valence-electron chi connectivity index (χ0n) is 14.5. The summed E-state index contributed by atoms with van der Waals surface area (Å²) in [5.74, 6) is 2.17. The molecule has 0 N–H and O–H groups in total. The van der Waals surface area contributed by atoms with Gasteiger partial charge < -0.3 is 14.4 Å². The van der Waals surface area contributed by atoms with Crippen molar-refractivity contribution >= 4 is 23.4 Å². The molecular formula is C19H18N2O5S. The maximum atomic E-state index is 12.8. The van der Waals surface area contributed by atoms with Crippen LogP contribution in [0.15, 0.2) is 42.5 Å². The molecule has 0 spiro atoms. The van der Waals surface area contributed by atoms with Gasteiger partial charge in [0.25, 0.3) is 11.6 Å². The average Bonchev–Trinajstić information content (AvgIpc) is 3.02. The Morgan fingerprint density at radius 1 is 1.15 bits per heavy atom. The van der Waals surface area contributed by atoms with E-state index in [4.69, 9.17) is 9.47 Å². The van der Waals surface area contributed by atoms with E-state index in [2.05, 4.69) is 0 Å². The maximum absolute atomic E-state index is 12.8. The average molecular weight is 386 g/mol. The van der Waals surface area contributed by atoms with Crippen LogP contribution in [0, 0.1) is 10.1 Å². The van der Waals surface area contributed by atoms with Gasteiger partial charge in [0, 0.05) is 41.8 Å².